The van der Waals surface area contributed by atoms with E-state index in [9.17, 15) is 0 Å². The number of hydrogen-bond acceptors (Lipinski definition) is 3. The lowest BCUT2D eigenvalue weighted by Crippen LogP contribution is -1.83. The summed E-state index contributed by atoms with van der Waals surface area (Å²) in [6.07, 6.45) is 0. The maximum absolute atomic E-state index is 5.70. The molecule has 0 N–H and O–H groups in total. The predicted molar refractivity (Wildman–Crippen MR) is 70.9 cm³/mol. The fourth-order valence-corrected chi connectivity index (χ4v) is 2.17. The van der Waals surface area contributed by atoms with Gasteiger partial charge in [0.25, 0.3) is 0 Å². The number of nitrogens with zero attached hydrogens (tertiary/aromatic N) is 1. The molecule has 0 saturated heterocycles. The molecule has 0 aliphatic heterocycles. The molecule has 0 aliphatic rings. The SMILES string of the molecule is COc1ccc(-c2csc(CCl)n2)cc1.Cl. The molecule has 1 aromatic carbocycles. The molecule has 0 bridgehead atoms. The number of hydrogen-bond donors (Lipinski definition) is 0. The minimum absolute atomic E-state index is 0. The second-order valence-electron chi connectivity index (χ2n) is 2.99. The maximum atomic E-state index is 5.70. The summed E-state index contributed by atoms with van der Waals surface area (Å²) in [6.45, 7) is 0. The van der Waals surface area contributed by atoms with E-state index in [4.69, 9.17) is 16.3 Å². The number of thiazole rings is 1. The number of alkyl halides is 1. The van der Waals surface area contributed by atoms with Crippen LogP contribution in [0.15, 0.2) is 29.6 Å². The molecule has 0 unspecified atom stereocenters. The lowest BCUT2D eigenvalue weighted by atomic mass is 10.2. The van der Waals surface area contributed by atoms with E-state index >= 15 is 0 Å². The Morgan fingerprint density at radius 1 is 1.31 bits per heavy atom. The van der Waals surface area contributed by atoms with E-state index in [1.54, 1.807) is 18.4 Å². The minimum atomic E-state index is 0. The lowest BCUT2D eigenvalue weighted by molar-refractivity contribution is 0.415. The van der Waals surface area contributed by atoms with Crippen LogP contribution in [0.1, 0.15) is 5.01 Å². The Labute approximate surface area is 110 Å². The molecule has 86 valence electrons. The van der Waals surface area contributed by atoms with Crippen LogP contribution in [-0.2, 0) is 5.88 Å². The van der Waals surface area contributed by atoms with Crippen LogP contribution < -0.4 is 4.74 Å². The quantitative estimate of drug-likeness (QED) is 0.791. The Morgan fingerprint density at radius 2 is 2.00 bits per heavy atom. The van der Waals surface area contributed by atoms with Crippen molar-refractivity contribution < 1.29 is 4.74 Å². The van der Waals surface area contributed by atoms with Gasteiger partial charge in [-0.25, -0.2) is 4.98 Å². The highest BCUT2D eigenvalue weighted by atomic mass is 35.5. The summed E-state index contributed by atoms with van der Waals surface area (Å²) in [4.78, 5) is 4.40. The average molecular weight is 276 g/mol. The van der Waals surface area contributed by atoms with Crippen LogP contribution in [0.3, 0.4) is 0 Å². The van der Waals surface area contributed by atoms with Crippen LogP contribution in [0, 0.1) is 0 Å². The van der Waals surface area contributed by atoms with Gasteiger partial charge in [0.2, 0.25) is 0 Å². The molecule has 1 heterocycles. The smallest absolute Gasteiger partial charge is 0.118 e. The summed E-state index contributed by atoms with van der Waals surface area (Å²) in [5.41, 5.74) is 2.06. The van der Waals surface area contributed by atoms with Crippen LogP contribution >= 0.6 is 35.3 Å². The lowest BCUT2D eigenvalue weighted by Gasteiger charge is -2.00. The van der Waals surface area contributed by atoms with Gasteiger partial charge in [-0.05, 0) is 24.3 Å². The van der Waals surface area contributed by atoms with Crippen molar-refractivity contribution in [3.63, 3.8) is 0 Å². The normalized spacial score (nSPS) is 9.62. The molecule has 2 aromatic rings. The van der Waals surface area contributed by atoms with Crippen LogP contribution in [0.5, 0.6) is 5.75 Å². The van der Waals surface area contributed by atoms with E-state index in [1.807, 2.05) is 29.6 Å². The van der Waals surface area contributed by atoms with Gasteiger partial charge in [0.05, 0.1) is 18.7 Å². The van der Waals surface area contributed by atoms with Crippen molar-refractivity contribution in [2.24, 2.45) is 0 Å². The number of benzene rings is 1. The van der Waals surface area contributed by atoms with Crippen molar-refractivity contribution in [3.8, 4) is 17.0 Å². The summed E-state index contributed by atoms with van der Waals surface area (Å²) in [5.74, 6) is 1.33. The first-order valence-corrected chi connectivity index (χ1v) is 5.89. The number of halogens is 2. The van der Waals surface area contributed by atoms with E-state index in [2.05, 4.69) is 4.98 Å². The Hall–Kier alpha value is -0.770. The molecule has 2 rings (SSSR count). The largest absolute Gasteiger partial charge is 0.497 e. The van der Waals surface area contributed by atoms with Crippen molar-refractivity contribution in [1.29, 1.82) is 0 Å². The summed E-state index contributed by atoms with van der Waals surface area (Å²) in [7, 11) is 1.66. The summed E-state index contributed by atoms with van der Waals surface area (Å²) in [6, 6.07) is 7.84. The standard InChI is InChI=1S/C11H10ClNOS.ClH/c1-14-9-4-2-8(3-5-9)10-7-15-11(6-12)13-10;/h2-5,7H,6H2,1H3;1H. The Balaban J connectivity index is 0.00000128. The molecule has 0 amide bonds. The van der Waals surface area contributed by atoms with Crippen molar-refractivity contribution in [2.75, 3.05) is 7.11 Å². The first-order chi connectivity index (χ1) is 7.33. The van der Waals surface area contributed by atoms with E-state index in [1.165, 1.54) is 0 Å². The van der Waals surface area contributed by atoms with E-state index in [0.29, 0.717) is 5.88 Å². The third kappa shape index (κ3) is 2.88. The van der Waals surface area contributed by atoms with Crippen LogP contribution in [0.2, 0.25) is 0 Å². The number of rotatable bonds is 3. The molecule has 2 nitrogen and oxygen atoms in total. The second kappa shape index (κ2) is 6.09. The van der Waals surface area contributed by atoms with Crippen molar-refractivity contribution in [3.05, 3.63) is 34.7 Å². The highest BCUT2D eigenvalue weighted by molar-refractivity contribution is 7.10. The predicted octanol–water partition coefficient (Wildman–Crippen LogP) is 3.98. The molecular weight excluding hydrogens is 265 g/mol. The van der Waals surface area contributed by atoms with Crippen molar-refractivity contribution in [2.45, 2.75) is 5.88 Å². The van der Waals surface area contributed by atoms with Crippen molar-refractivity contribution >= 4 is 35.3 Å². The minimum Gasteiger partial charge on any atom is -0.497 e. The molecular formula is C11H11Cl2NOS. The van der Waals surface area contributed by atoms with E-state index in [-0.39, 0.29) is 12.4 Å². The molecule has 0 atom stereocenters. The zero-order chi connectivity index (χ0) is 10.7. The maximum Gasteiger partial charge on any atom is 0.118 e. The highest BCUT2D eigenvalue weighted by Gasteiger charge is 2.03. The zero-order valence-corrected chi connectivity index (χ0v) is 11.0. The molecule has 0 spiro atoms. The molecule has 0 saturated carbocycles. The summed E-state index contributed by atoms with van der Waals surface area (Å²) in [5, 5.41) is 2.96. The van der Waals surface area contributed by atoms with Gasteiger partial charge in [0, 0.05) is 10.9 Å². The highest BCUT2D eigenvalue weighted by Crippen LogP contribution is 2.24. The van der Waals surface area contributed by atoms with Gasteiger partial charge in [-0.2, -0.15) is 0 Å². The van der Waals surface area contributed by atoms with Gasteiger partial charge >= 0.3 is 0 Å². The molecule has 0 aliphatic carbocycles. The number of methoxy groups -OCH3 is 1. The van der Waals surface area contributed by atoms with Crippen LogP contribution in [0.4, 0.5) is 0 Å². The Kier molecular flexibility index (Phi) is 5.06. The van der Waals surface area contributed by atoms with Gasteiger partial charge < -0.3 is 4.74 Å². The number of ether oxygens (including phenoxy) is 1. The first-order valence-electron chi connectivity index (χ1n) is 4.48. The zero-order valence-electron chi connectivity index (χ0n) is 8.64. The molecule has 16 heavy (non-hydrogen) atoms. The number of aromatic nitrogens is 1. The fraction of sp³-hybridized carbons (Fsp3) is 0.182. The second-order valence-corrected chi connectivity index (χ2v) is 4.20. The third-order valence-electron chi connectivity index (χ3n) is 2.05. The molecule has 0 radical (unpaired) electrons. The van der Waals surface area contributed by atoms with Crippen molar-refractivity contribution in [1.82, 2.24) is 4.98 Å². The van der Waals surface area contributed by atoms with Gasteiger partial charge in [-0.3, -0.25) is 0 Å². The molecule has 1 aromatic heterocycles. The fourth-order valence-electron chi connectivity index (χ4n) is 1.27. The van der Waals surface area contributed by atoms with Gasteiger partial charge in [0.1, 0.15) is 10.8 Å². The average Bonchev–Trinajstić information content (AvgIpc) is 2.78. The third-order valence-corrected chi connectivity index (χ3v) is 3.31. The van der Waals surface area contributed by atoms with Gasteiger partial charge in [0.15, 0.2) is 0 Å². The molecule has 5 heteroatoms. The van der Waals surface area contributed by atoms with Crippen LogP contribution in [-0.4, -0.2) is 12.1 Å². The Bertz CT molecular complexity index is 442. The first kappa shape index (κ1) is 13.3. The van der Waals surface area contributed by atoms with Crippen LogP contribution in [0.25, 0.3) is 11.3 Å². The summed E-state index contributed by atoms with van der Waals surface area (Å²) >= 11 is 7.28. The van der Waals surface area contributed by atoms with E-state index < -0.39 is 0 Å². The molecule has 0 fully saturated rings. The summed E-state index contributed by atoms with van der Waals surface area (Å²) < 4.78 is 5.09. The topological polar surface area (TPSA) is 22.1 Å². The van der Waals surface area contributed by atoms with Gasteiger partial charge in [-0.15, -0.1) is 35.3 Å². The van der Waals surface area contributed by atoms with E-state index in [0.717, 1.165) is 22.0 Å². The van der Waals surface area contributed by atoms with Gasteiger partial charge in [-0.1, -0.05) is 0 Å². The monoisotopic (exact) mass is 275 g/mol. The Morgan fingerprint density at radius 3 is 2.50 bits per heavy atom.